The minimum atomic E-state index is -3.83. The zero-order valence-electron chi connectivity index (χ0n) is 22.5. The molecule has 0 aliphatic carbocycles. The molecule has 0 saturated heterocycles. The Hall–Kier alpha value is -2.34. The zero-order chi connectivity index (χ0) is 29.4. The van der Waals surface area contributed by atoms with Crippen LogP contribution < -0.4 is 9.62 Å². The smallest absolute Gasteiger partial charge is 0.244 e. The van der Waals surface area contributed by atoms with Crippen molar-refractivity contribution in [1.29, 1.82) is 0 Å². The molecule has 0 aromatic heterocycles. The predicted octanol–water partition coefficient (Wildman–Crippen LogP) is 5.92. The highest BCUT2D eigenvalue weighted by molar-refractivity contribution is 14.1. The van der Waals surface area contributed by atoms with Crippen molar-refractivity contribution < 1.29 is 18.0 Å². The van der Waals surface area contributed by atoms with Gasteiger partial charge in [-0.3, -0.25) is 13.9 Å². The normalized spacial score (nSPS) is 12.8. The predicted molar refractivity (Wildman–Crippen MR) is 170 cm³/mol. The Bertz CT molecular complexity index is 1420. The van der Waals surface area contributed by atoms with E-state index in [4.69, 9.17) is 23.2 Å². The first-order chi connectivity index (χ1) is 18.9. The van der Waals surface area contributed by atoms with Gasteiger partial charge in [0.2, 0.25) is 21.8 Å². The summed E-state index contributed by atoms with van der Waals surface area (Å²) in [4.78, 5) is 29.2. The van der Waals surface area contributed by atoms with Crippen LogP contribution in [0.4, 0.5) is 5.69 Å². The molecule has 0 fully saturated rings. The van der Waals surface area contributed by atoms with Crippen LogP contribution in [0.1, 0.15) is 31.4 Å². The highest BCUT2D eigenvalue weighted by atomic mass is 127. The molecule has 0 aliphatic heterocycles. The molecule has 2 atom stereocenters. The molecule has 7 nitrogen and oxygen atoms in total. The van der Waals surface area contributed by atoms with E-state index in [2.05, 4.69) is 27.9 Å². The maximum absolute atomic E-state index is 14.1. The molecular formula is C29H32Cl2IN3O4S. The van der Waals surface area contributed by atoms with Crippen molar-refractivity contribution in [2.24, 2.45) is 0 Å². The zero-order valence-corrected chi connectivity index (χ0v) is 27.0. The quantitative estimate of drug-likeness (QED) is 0.236. The standard InChI is InChI=1S/C29H32Cl2IN3O4S/c1-4-20(2)33-29(37)27(17-21-8-6-5-7-9-21)34(18-22-10-15-25(30)26(31)16-22)28(36)19-35(40(3,38)39)24-13-11-23(32)12-14-24/h5-16,20,27H,4,17-19H2,1-3H3,(H,33,37)/t20-,27-/m0/s1. The van der Waals surface area contributed by atoms with Gasteiger partial charge < -0.3 is 10.2 Å². The second-order valence-corrected chi connectivity index (χ2v) is 13.5. The van der Waals surface area contributed by atoms with Crippen LogP contribution in [0, 0.1) is 3.57 Å². The van der Waals surface area contributed by atoms with Crippen molar-refractivity contribution in [3.63, 3.8) is 0 Å². The summed E-state index contributed by atoms with van der Waals surface area (Å²) in [5, 5.41) is 3.67. The third-order valence-corrected chi connectivity index (χ3v) is 9.00. The minimum Gasteiger partial charge on any atom is -0.352 e. The first-order valence-electron chi connectivity index (χ1n) is 12.7. The molecule has 3 aromatic rings. The maximum atomic E-state index is 14.1. The van der Waals surface area contributed by atoms with E-state index in [1.54, 1.807) is 42.5 Å². The lowest BCUT2D eigenvalue weighted by atomic mass is 10.0. The van der Waals surface area contributed by atoms with E-state index in [1.165, 1.54) is 4.90 Å². The average molecular weight is 716 g/mol. The SMILES string of the molecule is CC[C@H](C)NC(=O)[C@H](Cc1ccccc1)N(Cc1ccc(Cl)c(Cl)c1)C(=O)CN(c1ccc(I)cc1)S(C)(=O)=O. The molecule has 0 aliphatic rings. The monoisotopic (exact) mass is 715 g/mol. The third-order valence-electron chi connectivity index (χ3n) is 6.40. The Morgan fingerprint density at radius 3 is 2.17 bits per heavy atom. The molecule has 214 valence electrons. The van der Waals surface area contributed by atoms with Crippen molar-refractivity contribution in [3.8, 4) is 0 Å². The van der Waals surface area contributed by atoms with Crippen molar-refractivity contribution in [2.45, 2.75) is 45.3 Å². The van der Waals surface area contributed by atoms with Crippen LogP contribution in [0.2, 0.25) is 10.0 Å². The Balaban J connectivity index is 2.07. The summed E-state index contributed by atoms with van der Waals surface area (Å²) in [6, 6.07) is 20.2. The summed E-state index contributed by atoms with van der Waals surface area (Å²) in [6.45, 7) is 3.39. The number of nitrogens with zero attached hydrogens (tertiary/aromatic N) is 2. The molecule has 2 amide bonds. The van der Waals surface area contributed by atoms with Gasteiger partial charge in [-0.2, -0.15) is 0 Å². The van der Waals surface area contributed by atoms with Gasteiger partial charge in [0.15, 0.2) is 0 Å². The van der Waals surface area contributed by atoms with Crippen LogP contribution in [0.5, 0.6) is 0 Å². The third kappa shape index (κ3) is 9.09. The Labute approximate surface area is 260 Å². The van der Waals surface area contributed by atoms with E-state index in [1.807, 2.05) is 44.2 Å². The summed E-state index contributed by atoms with van der Waals surface area (Å²) in [7, 11) is -3.83. The average Bonchev–Trinajstić information content (AvgIpc) is 2.91. The van der Waals surface area contributed by atoms with Gasteiger partial charge >= 0.3 is 0 Å². The number of carbonyl (C=O) groups is 2. The van der Waals surface area contributed by atoms with Gasteiger partial charge in [0.25, 0.3) is 0 Å². The van der Waals surface area contributed by atoms with Gasteiger partial charge in [0, 0.05) is 22.6 Å². The van der Waals surface area contributed by atoms with Crippen molar-refractivity contribution >= 4 is 73.3 Å². The number of rotatable bonds is 12. The van der Waals surface area contributed by atoms with E-state index in [0.29, 0.717) is 27.7 Å². The van der Waals surface area contributed by atoms with Crippen molar-refractivity contribution in [1.82, 2.24) is 10.2 Å². The van der Waals surface area contributed by atoms with Gasteiger partial charge in [-0.25, -0.2) is 8.42 Å². The second kappa shape index (κ2) is 14.5. The van der Waals surface area contributed by atoms with Gasteiger partial charge in [0.1, 0.15) is 12.6 Å². The van der Waals surface area contributed by atoms with Crippen LogP contribution in [-0.2, 0) is 32.6 Å². The fourth-order valence-corrected chi connectivity index (χ4v) is 5.58. The molecule has 0 saturated carbocycles. The van der Waals surface area contributed by atoms with E-state index < -0.39 is 28.5 Å². The van der Waals surface area contributed by atoms with Crippen LogP contribution in [-0.4, -0.2) is 50.0 Å². The maximum Gasteiger partial charge on any atom is 0.244 e. The molecule has 0 heterocycles. The lowest BCUT2D eigenvalue weighted by Crippen LogP contribution is -2.54. The summed E-state index contributed by atoms with van der Waals surface area (Å²) in [6.07, 6.45) is 2.00. The van der Waals surface area contributed by atoms with Crippen LogP contribution in [0.25, 0.3) is 0 Å². The molecular weight excluding hydrogens is 684 g/mol. The van der Waals surface area contributed by atoms with E-state index in [9.17, 15) is 18.0 Å². The van der Waals surface area contributed by atoms with Gasteiger partial charge in [0.05, 0.1) is 22.0 Å². The Morgan fingerprint density at radius 1 is 0.950 bits per heavy atom. The highest BCUT2D eigenvalue weighted by Gasteiger charge is 2.33. The molecule has 40 heavy (non-hydrogen) atoms. The molecule has 1 N–H and O–H groups in total. The van der Waals surface area contributed by atoms with Crippen LogP contribution >= 0.6 is 45.8 Å². The van der Waals surface area contributed by atoms with E-state index in [-0.39, 0.29) is 24.9 Å². The molecule has 0 unspecified atom stereocenters. The van der Waals surface area contributed by atoms with Crippen LogP contribution in [0.15, 0.2) is 72.8 Å². The summed E-state index contributed by atoms with van der Waals surface area (Å²) in [5.41, 5.74) is 1.86. The Kier molecular flexibility index (Phi) is 11.7. The molecule has 0 spiro atoms. The molecule has 11 heteroatoms. The largest absolute Gasteiger partial charge is 0.352 e. The number of amides is 2. The number of hydrogen-bond donors (Lipinski definition) is 1. The highest BCUT2D eigenvalue weighted by Crippen LogP contribution is 2.25. The van der Waals surface area contributed by atoms with E-state index >= 15 is 0 Å². The number of sulfonamides is 1. The van der Waals surface area contributed by atoms with Crippen molar-refractivity contribution in [3.05, 3.63) is 97.5 Å². The number of nitrogens with one attached hydrogen (secondary N) is 1. The summed E-state index contributed by atoms with van der Waals surface area (Å²) < 4.78 is 27.7. The number of benzene rings is 3. The minimum absolute atomic E-state index is 0.0193. The molecule has 3 rings (SSSR count). The lowest BCUT2D eigenvalue weighted by molar-refractivity contribution is -0.140. The van der Waals surface area contributed by atoms with Gasteiger partial charge in [-0.1, -0.05) is 66.5 Å². The summed E-state index contributed by atoms with van der Waals surface area (Å²) >= 11 is 14.5. The molecule has 0 radical (unpaired) electrons. The van der Waals surface area contributed by atoms with Gasteiger partial charge in [-0.05, 0) is 83.5 Å². The second-order valence-electron chi connectivity index (χ2n) is 9.54. The van der Waals surface area contributed by atoms with E-state index in [0.717, 1.165) is 19.7 Å². The summed E-state index contributed by atoms with van der Waals surface area (Å²) in [5.74, 6) is -0.859. The number of halogens is 3. The molecule has 0 bridgehead atoms. The fourth-order valence-electron chi connectivity index (χ4n) is 4.05. The molecule has 3 aromatic carbocycles. The number of carbonyl (C=O) groups excluding carboxylic acids is 2. The Morgan fingerprint density at radius 2 is 1.60 bits per heavy atom. The first kappa shape index (κ1) is 32.2. The van der Waals surface area contributed by atoms with Crippen molar-refractivity contribution in [2.75, 3.05) is 17.1 Å². The first-order valence-corrected chi connectivity index (χ1v) is 16.4. The number of anilines is 1. The topological polar surface area (TPSA) is 86.8 Å². The van der Waals surface area contributed by atoms with Crippen LogP contribution in [0.3, 0.4) is 0 Å². The van der Waals surface area contributed by atoms with Gasteiger partial charge in [-0.15, -0.1) is 0 Å². The fraction of sp³-hybridized carbons (Fsp3) is 0.310. The number of hydrogen-bond acceptors (Lipinski definition) is 4. The lowest BCUT2D eigenvalue weighted by Gasteiger charge is -2.34.